The molecule has 6 aromatic heterocycles. The SMILES string of the molecule is CCC.CCCOCC1COc2cscc2O1.NCCOCC1COc2cscc2O1.O=C1OC(=O)c2ccc3c4c(ccc1c24)C(=O)OC3=O.O=C1c2ccc3c4c(ccc(c24)C(=O)N1CCOCC1COc2cscc2O1)C(=O)N(CCOCC1COc2cscc2O1)C3=O.OCC1COc2cscc2O1.[N-]=[N+]=NCCOCC1COc2cscc2O1. The van der Waals surface area contributed by atoms with E-state index in [1.807, 2.05) is 64.6 Å². The highest BCUT2D eigenvalue weighted by Gasteiger charge is 2.41. The zero-order valence-corrected chi connectivity index (χ0v) is 71.9. The van der Waals surface area contributed by atoms with Crippen LogP contribution in [0.1, 0.15) is 116 Å². The Morgan fingerprint density at radius 3 is 0.887 bits per heavy atom. The van der Waals surface area contributed by atoms with Gasteiger partial charge < -0.3 is 101 Å². The molecule has 0 spiro atoms. The Kier molecular flexibility index (Phi) is 30.8. The highest BCUT2D eigenvalue weighted by Crippen LogP contribution is 2.43. The molecule has 10 aliphatic heterocycles. The van der Waals surface area contributed by atoms with E-state index in [0.29, 0.717) is 120 Å². The molecule has 40 heteroatoms. The normalized spacial score (nSPS) is 18.8. The molecule has 6 unspecified atom stereocenters. The van der Waals surface area contributed by atoms with E-state index in [9.17, 15) is 38.4 Å². The van der Waals surface area contributed by atoms with Gasteiger partial charge in [0, 0.05) is 133 Å². The largest absolute Gasteiger partial charge is 0.485 e. The van der Waals surface area contributed by atoms with Gasteiger partial charge in [0.05, 0.1) is 101 Å². The fraction of sp³-hybridized carbons (Fsp3) is 0.381. The minimum atomic E-state index is -0.794. The Labute approximate surface area is 732 Å². The molecule has 10 aromatic rings. The van der Waals surface area contributed by atoms with Gasteiger partial charge in [-0.15, -0.1) is 68.0 Å². The third-order valence-electron chi connectivity index (χ3n) is 19.0. The molecule has 34 nitrogen and oxygen atoms in total. The van der Waals surface area contributed by atoms with Gasteiger partial charge in [-0.25, -0.2) is 19.2 Å². The topological polar surface area (TPSA) is 413 Å². The lowest BCUT2D eigenvalue weighted by atomic mass is 9.86. The lowest BCUT2D eigenvalue weighted by molar-refractivity contribution is 0.00415. The highest BCUT2D eigenvalue weighted by atomic mass is 32.1. The molecular formula is C84H84N6O28S6. The number of benzene rings is 4. The van der Waals surface area contributed by atoms with Crippen LogP contribution in [0.3, 0.4) is 0 Å². The molecule has 16 heterocycles. The van der Waals surface area contributed by atoms with Crippen LogP contribution in [0.4, 0.5) is 0 Å². The molecule has 0 radical (unpaired) electrons. The van der Waals surface area contributed by atoms with Gasteiger partial charge in [-0.1, -0.05) is 32.3 Å². The summed E-state index contributed by atoms with van der Waals surface area (Å²) in [6, 6.07) is 11.7. The number of thiophene rings is 6. The first kappa shape index (κ1) is 89.1. The zero-order chi connectivity index (χ0) is 86.6. The van der Waals surface area contributed by atoms with Gasteiger partial charge >= 0.3 is 23.9 Å². The van der Waals surface area contributed by atoms with E-state index in [2.05, 4.69) is 40.3 Å². The van der Waals surface area contributed by atoms with Gasteiger partial charge in [0.2, 0.25) is 0 Å². The third kappa shape index (κ3) is 21.1. The fourth-order valence-electron chi connectivity index (χ4n) is 13.4. The second-order valence-corrected chi connectivity index (χ2v) is 32.4. The minimum absolute atomic E-state index is 0.00921. The Hall–Kier alpha value is -11.2. The predicted molar refractivity (Wildman–Crippen MR) is 454 cm³/mol. The van der Waals surface area contributed by atoms with Gasteiger partial charge in [-0.3, -0.25) is 29.0 Å². The summed E-state index contributed by atoms with van der Waals surface area (Å²) >= 11 is 9.23. The predicted octanol–water partition coefficient (Wildman–Crippen LogP) is 13.0. The molecule has 3 N–H and O–H groups in total. The third-order valence-corrected chi connectivity index (χ3v) is 23.2. The van der Waals surface area contributed by atoms with Gasteiger partial charge in [0.25, 0.3) is 23.6 Å². The summed E-state index contributed by atoms with van der Waals surface area (Å²) in [7, 11) is 0. The molecule has 0 fully saturated rings. The zero-order valence-electron chi connectivity index (χ0n) is 67.0. The van der Waals surface area contributed by atoms with Crippen molar-refractivity contribution in [1.82, 2.24) is 9.80 Å². The lowest BCUT2D eigenvalue weighted by Gasteiger charge is -2.32. The Morgan fingerprint density at radius 2 is 0.613 bits per heavy atom. The van der Waals surface area contributed by atoms with Crippen LogP contribution in [0, 0.1) is 0 Å². The number of nitrogens with zero attached hydrogens (tertiary/aromatic N) is 5. The van der Waals surface area contributed by atoms with Crippen LogP contribution in [-0.2, 0) is 33.2 Å². The van der Waals surface area contributed by atoms with E-state index in [1.54, 1.807) is 58.3 Å². The number of hydrogen-bond donors (Lipinski definition) is 2. The number of carbonyl (C=O) groups excluding carboxylic acids is 8. The molecule has 6 atom stereocenters. The summed E-state index contributed by atoms with van der Waals surface area (Å²) in [5.74, 6) is 4.05. The van der Waals surface area contributed by atoms with Crippen LogP contribution in [0.5, 0.6) is 69.0 Å². The van der Waals surface area contributed by atoms with Crippen molar-refractivity contribution >= 4 is 137 Å². The van der Waals surface area contributed by atoms with E-state index in [1.165, 1.54) is 64.7 Å². The van der Waals surface area contributed by atoms with Crippen molar-refractivity contribution in [2.45, 2.75) is 70.2 Å². The van der Waals surface area contributed by atoms with Crippen LogP contribution in [0.25, 0.3) is 32.0 Å². The van der Waals surface area contributed by atoms with E-state index in [4.69, 9.17) is 96.9 Å². The number of azide groups is 1. The molecule has 0 saturated carbocycles. The van der Waals surface area contributed by atoms with E-state index in [-0.39, 0.29) is 138 Å². The second-order valence-electron chi connectivity index (χ2n) is 27.9. The van der Waals surface area contributed by atoms with E-state index in [0.717, 1.165) is 68.8 Å². The molecular weight excluding hydrogens is 1730 g/mol. The van der Waals surface area contributed by atoms with Gasteiger partial charge in [-0.2, -0.15) is 0 Å². The quantitative estimate of drug-likeness (QED) is 0.0108. The summed E-state index contributed by atoms with van der Waals surface area (Å²) in [5, 5.41) is 36.1. The number of aliphatic hydroxyl groups is 1. The van der Waals surface area contributed by atoms with Crippen LogP contribution in [0.15, 0.2) is 118 Å². The summed E-state index contributed by atoms with van der Waals surface area (Å²) in [6.45, 7) is 14.1. The van der Waals surface area contributed by atoms with Crippen molar-refractivity contribution in [2.24, 2.45) is 10.8 Å². The number of aliphatic hydroxyl groups excluding tert-OH is 1. The van der Waals surface area contributed by atoms with Crippen molar-refractivity contribution < 1.29 is 133 Å². The molecule has 0 bridgehead atoms. The number of rotatable bonds is 24. The number of amides is 4. The molecule has 4 aromatic carbocycles. The fourth-order valence-corrected chi connectivity index (χ4v) is 17.4. The highest BCUT2D eigenvalue weighted by molar-refractivity contribution is 7.09. The number of cyclic esters (lactones) is 4. The maximum Gasteiger partial charge on any atom is 0.346 e. The number of nitrogens with two attached hydrogens (primary N) is 1. The summed E-state index contributed by atoms with van der Waals surface area (Å²) in [6.07, 6.45) is 1.43. The van der Waals surface area contributed by atoms with Crippen LogP contribution in [-0.4, -0.2) is 238 Å². The lowest BCUT2D eigenvalue weighted by Crippen LogP contribution is -2.45. The Bertz CT molecular complexity index is 5120. The van der Waals surface area contributed by atoms with Gasteiger partial charge in [0.1, 0.15) is 39.6 Å². The average molecular weight is 1820 g/mol. The number of esters is 4. The molecule has 654 valence electrons. The average Bonchev–Trinajstić information content (AvgIpc) is 1.41. The van der Waals surface area contributed by atoms with Crippen LogP contribution >= 0.6 is 68.0 Å². The van der Waals surface area contributed by atoms with Crippen LogP contribution < -0.4 is 62.6 Å². The summed E-state index contributed by atoms with van der Waals surface area (Å²) < 4.78 is 104. The number of ether oxygens (including phenoxy) is 19. The maximum atomic E-state index is 13.5. The first-order valence-corrected chi connectivity index (χ1v) is 45.0. The molecule has 20 rings (SSSR count). The molecule has 10 aliphatic rings. The van der Waals surface area contributed by atoms with Crippen molar-refractivity contribution in [1.29, 1.82) is 0 Å². The Morgan fingerprint density at radius 1 is 0.371 bits per heavy atom. The first-order chi connectivity index (χ1) is 60.6. The second kappa shape index (κ2) is 42.9. The number of hydrogen-bond acceptors (Lipinski definition) is 36. The van der Waals surface area contributed by atoms with Gasteiger partial charge in [0.15, 0.2) is 106 Å². The standard InChI is InChI=1S/C32H26N2O10S2.C14H4O6.C10H14O3S.C9H11N3O3S.C9H13NO3S.C7H8O3S.C3H8/c35-29-19-1-2-20-28-22(32(38)34(30(20)36)6-8-40-10-18-12-42-24-14-46-16-26(24)44-18)4-3-21(27(19)28)31(37)33(29)5-7-39-9-17-11-41-23-13-45-15-25(23)43-17;15-11-5-1-2-6-10-8(14(18)20-12(6)16)4-3-7(9(5)10)13(17)19-11;1-2-3-11-4-8-5-12-9-6-14-7-10(9)13-8;10-12-11-1-2-13-3-7-4-14-8-5-16-6-9(8)15-7;10-1-2-11-3-7-4-12-8-5-14-6-9(8)13-7;8-1-5-2-9-6-3-11-4-7(6)10-5;1-3-2/h1-4,13-18H,5-12H2;1-4H;6-8H,2-5H2,1H3;5-7H,1-4H2;5-7H,1-4,10H2;3-5,8H,1-2H2;3H2,1-2H3. The van der Waals surface area contributed by atoms with E-state index >= 15 is 0 Å². The number of imide groups is 2. The summed E-state index contributed by atoms with van der Waals surface area (Å²) in [4.78, 5) is 106. The summed E-state index contributed by atoms with van der Waals surface area (Å²) in [5.41, 5.74) is 15.0. The molecule has 4 amide bonds. The van der Waals surface area contributed by atoms with Crippen molar-refractivity contribution in [3.8, 4) is 69.0 Å². The van der Waals surface area contributed by atoms with Crippen molar-refractivity contribution in [3.05, 3.63) is 168 Å². The van der Waals surface area contributed by atoms with Crippen molar-refractivity contribution in [2.75, 3.05) is 138 Å². The first-order valence-electron chi connectivity index (χ1n) is 39.4. The Balaban J connectivity index is 0.000000133. The molecule has 0 aliphatic carbocycles. The van der Waals surface area contributed by atoms with E-state index < -0.39 is 47.5 Å². The smallest absolute Gasteiger partial charge is 0.346 e. The number of fused-ring (bicyclic) bond motifs is 6. The van der Waals surface area contributed by atoms with Crippen LogP contribution in [0.2, 0.25) is 0 Å². The monoisotopic (exact) mass is 1820 g/mol. The maximum absolute atomic E-state index is 13.5. The van der Waals surface area contributed by atoms with Crippen molar-refractivity contribution in [3.63, 3.8) is 0 Å². The minimum Gasteiger partial charge on any atom is -0.485 e. The van der Waals surface area contributed by atoms with Gasteiger partial charge in [-0.05, 0) is 60.5 Å². The molecule has 124 heavy (non-hydrogen) atoms. The number of carbonyl (C=O) groups is 8. The molecule has 0 saturated heterocycles.